The lowest BCUT2D eigenvalue weighted by atomic mass is 10.2. The lowest BCUT2D eigenvalue weighted by Gasteiger charge is -2.20. The molecule has 0 fully saturated rings. The van der Waals surface area contributed by atoms with Gasteiger partial charge in [0.1, 0.15) is 5.84 Å². The Kier molecular flexibility index (Phi) is 7.43. The largest absolute Gasteiger partial charge is 0.402 e. The Hall–Kier alpha value is -1.84. The van der Waals surface area contributed by atoms with Crippen molar-refractivity contribution < 1.29 is 0 Å². The van der Waals surface area contributed by atoms with Gasteiger partial charge in [-0.25, -0.2) is 0 Å². The van der Waals surface area contributed by atoms with E-state index in [1.165, 1.54) is 0 Å². The number of aliphatic imine (C=N–C) groups is 2. The molecule has 0 amide bonds. The number of hydrogen-bond acceptors (Lipinski definition) is 3. The van der Waals surface area contributed by atoms with Crippen molar-refractivity contribution in [3.8, 4) is 0 Å². The molecule has 4 nitrogen and oxygen atoms in total. The molecule has 0 aromatic carbocycles. The Morgan fingerprint density at radius 1 is 1.41 bits per heavy atom. The zero-order valence-electron chi connectivity index (χ0n) is 11.1. The topological polar surface area (TPSA) is 54.0 Å². The molecule has 0 saturated heterocycles. The van der Waals surface area contributed by atoms with Gasteiger partial charge >= 0.3 is 0 Å². The van der Waals surface area contributed by atoms with Gasteiger partial charge < -0.3 is 10.6 Å². The summed E-state index contributed by atoms with van der Waals surface area (Å²) in [4.78, 5) is 10.3. The van der Waals surface area contributed by atoms with Crippen LogP contribution < -0.4 is 5.73 Å². The van der Waals surface area contributed by atoms with Crippen molar-refractivity contribution in [2.45, 2.75) is 13.8 Å². The van der Waals surface area contributed by atoms with Gasteiger partial charge in [0, 0.05) is 44.3 Å². The summed E-state index contributed by atoms with van der Waals surface area (Å²) in [5, 5.41) is 0. The summed E-state index contributed by atoms with van der Waals surface area (Å²) in [5.41, 5.74) is 7.55. The van der Waals surface area contributed by atoms with Gasteiger partial charge in [-0.05, 0) is 19.9 Å². The summed E-state index contributed by atoms with van der Waals surface area (Å²) in [6.07, 6.45) is 6.96. The van der Waals surface area contributed by atoms with E-state index in [0.29, 0.717) is 0 Å². The highest BCUT2D eigenvalue weighted by atomic mass is 15.2. The molecule has 0 saturated carbocycles. The Morgan fingerprint density at radius 3 is 2.53 bits per heavy atom. The van der Waals surface area contributed by atoms with Crippen LogP contribution in [0.3, 0.4) is 0 Å². The molecule has 2 N–H and O–H groups in total. The highest BCUT2D eigenvalue weighted by molar-refractivity contribution is 5.98. The quantitative estimate of drug-likeness (QED) is 0.584. The molecule has 0 rings (SSSR count). The molecule has 0 heterocycles. The number of rotatable bonds is 5. The highest BCUT2D eigenvalue weighted by Crippen LogP contribution is 2.04. The van der Waals surface area contributed by atoms with Crippen molar-refractivity contribution in [3.05, 3.63) is 36.2 Å². The van der Waals surface area contributed by atoms with Gasteiger partial charge in [-0.2, -0.15) is 0 Å². The summed E-state index contributed by atoms with van der Waals surface area (Å²) >= 11 is 0. The maximum atomic E-state index is 5.76. The normalized spacial score (nSPS) is 14.2. The summed E-state index contributed by atoms with van der Waals surface area (Å²) in [6.45, 7) is 8.11. The average molecular weight is 234 g/mol. The lowest BCUT2D eigenvalue weighted by molar-refractivity contribution is 0.561. The van der Waals surface area contributed by atoms with Gasteiger partial charge in [-0.15, -0.1) is 0 Å². The highest BCUT2D eigenvalue weighted by Gasteiger charge is 2.07. The first-order valence-corrected chi connectivity index (χ1v) is 5.45. The first-order valence-electron chi connectivity index (χ1n) is 5.45. The van der Waals surface area contributed by atoms with Gasteiger partial charge in [0.05, 0.1) is 0 Å². The number of nitrogens with zero attached hydrogens (tertiary/aromatic N) is 3. The third-order valence-corrected chi connectivity index (χ3v) is 2.26. The van der Waals surface area contributed by atoms with E-state index >= 15 is 0 Å². The minimum atomic E-state index is 0.728. The van der Waals surface area contributed by atoms with E-state index in [2.05, 4.69) is 16.6 Å². The summed E-state index contributed by atoms with van der Waals surface area (Å²) in [5.74, 6) is 0.891. The third-order valence-electron chi connectivity index (χ3n) is 2.26. The predicted octanol–water partition coefficient (Wildman–Crippen LogP) is 1.97. The van der Waals surface area contributed by atoms with Gasteiger partial charge in [0.15, 0.2) is 0 Å². The number of hydrogen-bond donors (Lipinski definition) is 1. The van der Waals surface area contributed by atoms with E-state index < -0.39 is 0 Å². The Bertz CT molecular complexity index is 358. The van der Waals surface area contributed by atoms with E-state index in [4.69, 9.17) is 5.73 Å². The fraction of sp³-hybridized carbons (Fsp3) is 0.385. The minimum Gasteiger partial charge on any atom is -0.402 e. The van der Waals surface area contributed by atoms with Crippen LogP contribution in [0.4, 0.5) is 0 Å². The van der Waals surface area contributed by atoms with E-state index in [1.54, 1.807) is 25.5 Å². The van der Waals surface area contributed by atoms with E-state index in [-0.39, 0.29) is 0 Å². The summed E-state index contributed by atoms with van der Waals surface area (Å²) in [6, 6.07) is 0. The molecule has 17 heavy (non-hydrogen) atoms. The first kappa shape index (κ1) is 15.2. The molecule has 4 heteroatoms. The molecule has 0 aromatic heterocycles. The van der Waals surface area contributed by atoms with Crippen molar-refractivity contribution >= 4 is 12.1 Å². The van der Waals surface area contributed by atoms with Gasteiger partial charge in [0.2, 0.25) is 0 Å². The van der Waals surface area contributed by atoms with Crippen LogP contribution in [0.15, 0.2) is 46.2 Å². The minimum absolute atomic E-state index is 0.728. The van der Waals surface area contributed by atoms with Crippen LogP contribution in [0, 0.1) is 0 Å². The monoisotopic (exact) mass is 234 g/mol. The van der Waals surface area contributed by atoms with Crippen LogP contribution in [0.1, 0.15) is 13.8 Å². The van der Waals surface area contributed by atoms with Crippen LogP contribution in [-0.2, 0) is 0 Å². The Labute approximate surface area is 104 Å². The fourth-order valence-electron chi connectivity index (χ4n) is 1.26. The first-order chi connectivity index (χ1) is 8.04. The third kappa shape index (κ3) is 5.70. The van der Waals surface area contributed by atoms with Gasteiger partial charge in [-0.1, -0.05) is 12.7 Å². The molecule has 0 radical (unpaired) electrons. The van der Waals surface area contributed by atoms with Crippen LogP contribution in [-0.4, -0.2) is 37.6 Å². The van der Waals surface area contributed by atoms with Gasteiger partial charge in [0.25, 0.3) is 0 Å². The predicted molar refractivity (Wildman–Crippen MR) is 76.4 cm³/mol. The molecule has 0 aliphatic rings. The summed E-state index contributed by atoms with van der Waals surface area (Å²) < 4.78 is 0. The smallest absolute Gasteiger partial charge is 0.127 e. The van der Waals surface area contributed by atoms with Gasteiger partial charge in [-0.3, -0.25) is 9.98 Å². The van der Waals surface area contributed by atoms with Crippen LogP contribution in [0.25, 0.3) is 0 Å². The molecule has 0 aromatic rings. The lowest BCUT2D eigenvalue weighted by Crippen LogP contribution is -2.29. The molecule has 0 unspecified atom stereocenters. The van der Waals surface area contributed by atoms with Crippen molar-refractivity contribution in [1.82, 2.24) is 4.90 Å². The number of nitrogens with two attached hydrogens (primary N) is 1. The second-order valence-corrected chi connectivity index (χ2v) is 3.65. The van der Waals surface area contributed by atoms with Crippen LogP contribution in [0.5, 0.6) is 0 Å². The second kappa shape index (κ2) is 8.33. The second-order valence-electron chi connectivity index (χ2n) is 3.65. The molecule has 0 aliphatic heterocycles. The van der Waals surface area contributed by atoms with Crippen LogP contribution >= 0.6 is 0 Å². The maximum Gasteiger partial charge on any atom is 0.127 e. The zero-order chi connectivity index (χ0) is 13.3. The zero-order valence-corrected chi connectivity index (χ0v) is 11.1. The van der Waals surface area contributed by atoms with E-state index in [0.717, 1.165) is 23.7 Å². The van der Waals surface area contributed by atoms with Crippen molar-refractivity contribution in [1.29, 1.82) is 0 Å². The summed E-state index contributed by atoms with van der Waals surface area (Å²) in [7, 11) is 3.73. The standard InChI is InChI=1S/C13H22N4/c1-6-8-16-9-7-10-17(5)13(15-4)11(2)12(3)14/h6-9H,1,10,14H2,2-5H3/b9-7+,12-11-,15-13+,16-8-. The molecule has 0 spiro atoms. The molecule has 94 valence electrons. The number of amidine groups is 1. The SMILES string of the molecule is C=C/C=N\C=C\CN(C)C(=N/C)/C(C)=C(/C)N. The van der Waals surface area contributed by atoms with E-state index in [1.807, 2.05) is 31.9 Å². The van der Waals surface area contributed by atoms with Crippen molar-refractivity contribution in [2.24, 2.45) is 15.7 Å². The molecular weight excluding hydrogens is 212 g/mol. The molecule has 0 bridgehead atoms. The van der Waals surface area contributed by atoms with Crippen molar-refractivity contribution in [3.63, 3.8) is 0 Å². The Morgan fingerprint density at radius 2 is 2.06 bits per heavy atom. The molecule has 0 aliphatic carbocycles. The van der Waals surface area contributed by atoms with Crippen LogP contribution in [0.2, 0.25) is 0 Å². The Balaban J connectivity index is 4.54. The average Bonchev–Trinajstić information content (AvgIpc) is 2.29. The number of allylic oxidation sites excluding steroid dienone is 2. The molecular formula is C13H22N4. The fourth-order valence-corrected chi connectivity index (χ4v) is 1.26. The number of likely N-dealkylation sites (N-methyl/N-ethyl adjacent to an activating group) is 1. The molecule has 0 atom stereocenters. The maximum absolute atomic E-state index is 5.76. The van der Waals surface area contributed by atoms with E-state index in [9.17, 15) is 0 Å². The van der Waals surface area contributed by atoms with Crippen molar-refractivity contribution in [2.75, 3.05) is 20.6 Å².